The molecule has 1 saturated heterocycles. The summed E-state index contributed by atoms with van der Waals surface area (Å²) in [4.78, 5) is 23.2. The van der Waals surface area contributed by atoms with Crippen LogP contribution in [0.15, 0.2) is 24.3 Å². The number of nitrogens with one attached hydrogen (secondary N) is 1. The first kappa shape index (κ1) is 14.8. The van der Waals surface area contributed by atoms with E-state index in [2.05, 4.69) is 5.32 Å². The summed E-state index contributed by atoms with van der Waals surface area (Å²) in [5, 5.41) is 12.3. The second kappa shape index (κ2) is 6.72. The van der Waals surface area contributed by atoms with Gasteiger partial charge in [0.15, 0.2) is 0 Å². The number of aliphatic carboxylic acids is 1. The quantitative estimate of drug-likeness (QED) is 0.863. The molecule has 6 heteroatoms. The van der Waals surface area contributed by atoms with E-state index < -0.39 is 12.0 Å². The Labute approximate surface area is 121 Å². The molecule has 2 N–H and O–H groups in total. The molecule has 1 fully saturated rings. The van der Waals surface area contributed by atoms with Gasteiger partial charge in [-0.15, -0.1) is 0 Å². The molecule has 0 saturated carbocycles. The van der Waals surface area contributed by atoms with Gasteiger partial charge in [-0.1, -0.05) is 29.8 Å². The number of carboxylic acid groups (broad SMARTS) is 1. The minimum absolute atomic E-state index is 0.161. The summed E-state index contributed by atoms with van der Waals surface area (Å²) in [6.45, 7) is 0.893. The van der Waals surface area contributed by atoms with Crippen molar-refractivity contribution in [2.45, 2.75) is 18.9 Å². The standard InChI is InChI=1S/C14H16ClNO4/c15-11-4-2-1-3-9(11)7-12(14(18)19)16-13(17)10-5-6-20-8-10/h1-4,10,12H,5-8H2,(H,16,17)(H,18,19)/t10-,12-/m0/s1. The van der Waals surface area contributed by atoms with Gasteiger partial charge < -0.3 is 15.2 Å². The lowest BCUT2D eigenvalue weighted by atomic mass is 10.0. The molecule has 0 aliphatic carbocycles. The Balaban J connectivity index is 2.02. The lowest BCUT2D eigenvalue weighted by molar-refractivity contribution is -0.142. The van der Waals surface area contributed by atoms with E-state index in [0.29, 0.717) is 30.2 Å². The smallest absolute Gasteiger partial charge is 0.326 e. The van der Waals surface area contributed by atoms with Gasteiger partial charge >= 0.3 is 5.97 Å². The molecule has 2 rings (SSSR count). The Morgan fingerprint density at radius 3 is 2.80 bits per heavy atom. The molecule has 108 valence electrons. The van der Waals surface area contributed by atoms with Gasteiger partial charge in [-0.3, -0.25) is 4.79 Å². The van der Waals surface area contributed by atoms with E-state index in [1.807, 2.05) is 0 Å². The van der Waals surface area contributed by atoms with Crippen molar-refractivity contribution in [3.8, 4) is 0 Å². The van der Waals surface area contributed by atoms with Crippen LogP contribution in [0.3, 0.4) is 0 Å². The molecule has 2 atom stereocenters. The largest absolute Gasteiger partial charge is 0.480 e. The fourth-order valence-electron chi connectivity index (χ4n) is 2.11. The van der Waals surface area contributed by atoms with Crippen LogP contribution < -0.4 is 5.32 Å². The van der Waals surface area contributed by atoms with Gasteiger partial charge in [-0.2, -0.15) is 0 Å². The number of carbonyl (C=O) groups is 2. The minimum atomic E-state index is -1.07. The molecule has 0 bridgehead atoms. The summed E-state index contributed by atoms with van der Waals surface area (Å²) in [5.74, 6) is -1.61. The molecule has 1 amide bonds. The third kappa shape index (κ3) is 3.71. The van der Waals surface area contributed by atoms with Gasteiger partial charge in [-0.05, 0) is 18.1 Å². The fraction of sp³-hybridized carbons (Fsp3) is 0.429. The van der Waals surface area contributed by atoms with Crippen molar-refractivity contribution in [2.75, 3.05) is 13.2 Å². The molecular weight excluding hydrogens is 282 g/mol. The van der Waals surface area contributed by atoms with Crippen LogP contribution in [-0.4, -0.2) is 36.2 Å². The highest BCUT2D eigenvalue weighted by molar-refractivity contribution is 6.31. The van der Waals surface area contributed by atoms with Crippen molar-refractivity contribution >= 4 is 23.5 Å². The van der Waals surface area contributed by atoms with Crippen LogP contribution in [-0.2, 0) is 20.7 Å². The lowest BCUT2D eigenvalue weighted by Crippen LogP contribution is -2.45. The maximum Gasteiger partial charge on any atom is 0.326 e. The number of halogens is 1. The molecule has 0 spiro atoms. The predicted octanol–water partition coefficient (Wildman–Crippen LogP) is 1.49. The summed E-state index contributed by atoms with van der Waals surface area (Å²) in [6.07, 6.45) is 0.790. The molecule has 1 aliphatic heterocycles. The van der Waals surface area contributed by atoms with Crippen molar-refractivity contribution in [3.63, 3.8) is 0 Å². The van der Waals surface area contributed by atoms with E-state index in [1.54, 1.807) is 24.3 Å². The highest BCUT2D eigenvalue weighted by atomic mass is 35.5. The number of rotatable bonds is 5. The van der Waals surface area contributed by atoms with Crippen molar-refractivity contribution in [2.24, 2.45) is 5.92 Å². The Kier molecular flexibility index (Phi) is 4.98. The molecule has 0 radical (unpaired) electrons. The van der Waals surface area contributed by atoms with Crippen molar-refractivity contribution in [1.82, 2.24) is 5.32 Å². The van der Waals surface area contributed by atoms with Gasteiger partial charge in [0, 0.05) is 18.1 Å². The normalized spacial score (nSPS) is 19.6. The average Bonchev–Trinajstić information content (AvgIpc) is 2.94. The van der Waals surface area contributed by atoms with Crippen LogP contribution in [0.25, 0.3) is 0 Å². The third-order valence-corrected chi connectivity index (χ3v) is 3.67. The second-order valence-corrected chi connectivity index (χ2v) is 5.16. The number of hydrogen-bond donors (Lipinski definition) is 2. The molecule has 1 aromatic carbocycles. The number of ether oxygens (including phenoxy) is 1. The monoisotopic (exact) mass is 297 g/mol. The summed E-state index contributed by atoms with van der Waals surface area (Å²) in [7, 11) is 0. The topological polar surface area (TPSA) is 75.6 Å². The molecule has 0 unspecified atom stereocenters. The Hall–Kier alpha value is -1.59. The molecule has 20 heavy (non-hydrogen) atoms. The number of amides is 1. The van der Waals surface area contributed by atoms with E-state index in [0.717, 1.165) is 0 Å². The Bertz CT molecular complexity index is 500. The summed E-state index contributed by atoms with van der Waals surface area (Å²) in [6, 6.07) is 6.02. The van der Waals surface area contributed by atoms with Crippen LogP contribution in [0.2, 0.25) is 5.02 Å². The molecule has 1 heterocycles. The first-order valence-corrected chi connectivity index (χ1v) is 6.80. The SMILES string of the molecule is O=C(N[C@@H](Cc1ccccc1Cl)C(=O)O)[C@H]1CCOC1. The maximum absolute atomic E-state index is 11.9. The van der Waals surface area contributed by atoms with Crippen LogP contribution in [0, 0.1) is 5.92 Å². The number of benzene rings is 1. The highest BCUT2D eigenvalue weighted by Crippen LogP contribution is 2.18. The molecule has 1 aliphatic rings. The van der Waals surface area contributed by atoms with Crippen LogP contribution >= 0.6 is 11.6 Å². The van der Waals surface area contributed by atoms with E-state index in [4.69, 9.17) is 16.3 Å². The van der Waals surface area contributed by atoms with Crippen molar-refractivity contribution in [3.05, 3.63) is 34.9 Å². The van der Waals surface area contributed by atoms with Gasteiger partial charge in [0.25, 0.3) is 0 Å². The van der Waals surface area contributed by atoms with Gasteiger partial charge in [0.05, 0.1) is 12.5 Å². The Morgan fingerprint density at radius 1 is 1.45 bits per heavy atom. The first-order chi connectivity index (χ1) is 9.58. The number of carboxylic acids is 1. The average molecular weight is 298 g/mol. The maximum atomic E-state index is 11.9. The van der Waals surface area contributed by atoms with Gasteiger partial charge in [-0.25, -0.2) is 4.79 Å². The molecule has 5 nitrogen and oxygen atoms in total. The second-order valence-electron chi connectivity index (χ2n) is 4.76. The number of hydrogen-bond acceptors (Lipinski definition) is 3. The molecular formula is C14H16ClNO4. The van der Waals surface area contributed by atoms with Crippen LogP contribution in [0.5, 0.6) is 0 Å². The van der Waals surface area contributed by atoms with Crippen LogP contribution in [0.1, 0.15) is 12.0 Å². The van der Waals surface area contributed by atoms with Crippen molar-refractivity contribution in [1.29, 1.82) is 0 Å². The van der Waals surface area contributed by atoms with E-state index in [1.165, 1.54) is 0 Å². The summed E-state index contributed by atoms with van der Waals surface area (Å²) < 4.78 is 5.13. The van der Waals surface area contributed by atoms with E-state index >= 15 is 0 Å². The van der Waals surface area contributed by atoms with E-state index in [-0.39, 0.29) is 18.2 Å². The molecule has 0 aromatic heterocycles. The van der Waals surface area contributed by atoms with Crippen LogP contribution in [0.4, 0.5) is 0 Å². The number of carbonyl (C=O) groups excluding carboxylic acids is 1. The van der Waals surface area contributed by atoms with E-state index in [9.17, 15) is 14.7 Å². The highest BCUT2D eigenvalue weighted by Gasteiger charge is 2.28. The zero-order chi connectivity index (χ0) is 14.5. The van der Waals surface area contributed by atoms with Crippen molar-refractivity contribution < 1.29 is 19.4 Å². The summed E-state index contributed by atoms with van der Waals surface area (Å²) >= 11 is 6.01. The summed E-state index contributed by atoms with van der Waals surface area (Å²) in [5.41, 5.74) is 0.699. The zero-order valence-corrected chi connectivity index (χ0v) is 11.6. The predicted molar refractivity (Wildman–Crippen MR) is 73.6 cm³/mol. The molecule has 1 aromatic rings. The fourth-order valence-corrected chi connectivity index (χ4v) is 2.33. The van der Waals surface area contributed by atoms with Gasteiger partial charge in [0.2, 0.25) is 5.91 Å². The van der Waals surface area contributed by atoms with Gasteiger partial charge in [0.1, 0.15) is 6.04 Å². The first-order valence-electron chi connectivity index (χ1n) is 6.42. The Morgan fingerprint density at radius 2 is 2.20 bits per heavy atom. The third-order valence-electron chi connectivity index (χ3n) is 3.30. The minimum Gasteiger partial charge on any atom is -0.480 e. The zero-order valence-electron chi connectivity index (χ0n) is 10.8. The lowest BCUT2D eigenvalue weighted by Gasteiger charge is -2.17.